The largest absolute Gasteiger partial charge is 0.354 e. The second-order valence-corrected chi connectivity index (χ2v) is 5.80. The fourth-order valence-corrected chi connectivity index (χ4v) is 2.70. The molecule has 0 heterocycles. The van der Waals surface area contributed by atoms with Gasteiger partial charge < -0.3 is 10.6 Å². The number of hydrogen-bond acceptors (Lipinski definition) is 2. The minimum atomic E-state index is 0.167. The molecule has 0 atom stereocenters. The van der Waals surface area contributed by atoms with E-state index in [1.54, 1.807) is 0 Å². The van der Waals surface area contributed by atoms with Crippen LogP contribution in [0.2, 0.25) is 0 Å². The van der Waals surface area contributed by atoms with E-state index in [9.17, 15) is 4.79 Å². The summed E-state index contributed by atoms with van der Waals surface area (Å²) in [6.07, 6.45) is 8.98. The Balaban J connectivity index is 1.57. The maximum absolute atomic E-state index is 11.6. The molecule has 2 rings (SSSR count). The van der Waals surface area contributed by atoms with Gasteiger partial charge in [-0.3, -0.25) is 4.79 Å². The van der Waals surface area contributed by atoms with Crippen molar-refractivity contribution in [2.45, 2.75) is 57.9 Å². The van der Waals surface area contributed by atoms with E-state index in [0.717, 1.165) is 6.54 Å². The van der Waals surface area contributed by atoms with Crippen LogP contribution in [0.15, 0.2) is 0 Å². The van der Waals surface area contributed by atoms with Crippen LogP contribution in [-0.4, -0.2) is 25.0 Å². The average molecular weight is 224 g/mol. The Kier molecular flexibility index (Phi) is 3.85. The minimum Gasteiger partial charge on any atom is -0.354 e. The summed E-state index contributed by atoms with van der Waals surface area (Å²) in [4.78, 5) is 11.6. The lowest BCUT2D eigenvalue weighted by Gasteiger charge is -2.38. The van der Waals surface area contributed by atoms with E-state index < -0.39 is 0 Å². The van der Waals surface area contributed by atoms with E-state index in [2.05, 4.69) is 17.6 Å². The highest BCUT2D eigenvalue weighted by molar-refractivity contribution is 5.78. The predicted octanol–water partition coefficient (Wildman–Crippen LogP) is 1.82. The van der Waals surface area contributed by atoms with Crippen LogP contribution in [0, 0.1) is 5.41 Å². The summed E-state index contributed by atoms with van der Waals surface area (Å²) >= 11 is 0. The first-order valence-electron chi connectivity index (χ1n) is 6.68. The topological polar surface area (TPSA) is 41.1 Å². The Morgan fingerprint density at radius 3 is 2.50 bits per heavy atom. The van der Waals surface area contributed by atoms with Crippen molar-refractivity contribution in [2.24, 2.45) is 5.41 Å². The maximum Gasteiger partial charge on any atom is 0.233 e. The number of hydrogen-bond donors (Lipinski definition) is 2. The zero-order valence-corrected chi connectivity index (χ0v) is 10.3. The van der Waals surface area contributed by atoms with Gasteiger partial charge >= 0.3 is 0 Å². The number of amides is 1. The van der Waals surface area contributed by atoms with E-state index >= 15 is 0 Å². The van der Waals surface area contributed by atoms with Crippen molar-refractivity contribution in [1.29, 1.82) is 0 Å². The third kappa shape index (κ3) is 3.21. The van der Waals surface area contributed by atoms with Gasteiger partial charge in [0.25, 0.3) is 0 Å². The van der Waals surface area contributed by atoms with Crippen molar-refractivity contribution >= 4 is 5.91 Å². The quantitative estimate of drug-likeness (QED) is 0.748. The van der Waals surface area contributed by atoms with Gasteiger partial charge in [-0.1, -0.05) is 26.2 Å². The molecule has 2 aliphatic carbocycles. The second kappa shape index (κ2) is 5.17. The van der Waals surface area contributed by atoms with E-state index in [0.29, 0.717) is 18.0 Å². The molecule has 0 bridgehead atoms. The zero-order valence-electron chi connectivity index (χ0n) is 10.3. The highest BCUT2D eigenvalue weighted by atomic mass is 16.1. The predicted molar refractivity (Wildman–Crippen MR) is 65.2 cm³/mol. The van der Waals surface area contributed by atoms with Crippen LogP contribution in [0.1, 0.15) is 51.9 Å². The lowest BCUT2D eigenvalue weighted by atomic mass is 9.70. The molecule has 0 unspecified atom stereocenters. The monoisotopic (exact) mass is 224 g/mol. The molecule has 16 heavy (non-hydrogen) atoms. The molecule has 0 aromatic heterocycles. The summed E-state index contributed by atoms with van der Waals surface area (Å²) in [5.74, 6) is 0.167. The smallest absolute Gasteiger partial charge is 0.233 e. The molecule has 0 radical (unpaired) electrons. The average Bonchev–Trinajstić information content (AvgIpc) is 2.73. The number of nitrogens with one attached hydrogen (secondary N) is 2. The Hall–Kier alpha value is -0.570. The summed E-state index contributed by atoms with van der Waals surface area (Å²) in [5.41, 5.74) is 0.392. The van der Waals surface area contributed by atoms with E-state index in [1.165, 1.54) is 44.9 Å². The first kappa shape index (κ1) is 11.9. The van der Waals surface area contributed by atoms with Gasteiger partial charge in [0.15, 0.2) is 0 Å². The van der Waals surface area contributed by atoms with Crippen molar-refractivity contribution in [3.63, 3.8) is 0 Å². The van der Waals surface area contributed by atoms with Gasteiger partial charge in [0.2, 0.25) is 5.91 Å². The normalized spacial score (nSPS) is 24.1. The Morgan fingerprint density at radius 1 is 1.25 bits per heavy atom. The fraction of sp³-hybridized carbons (Fsp3) is 0.923. The van der Waals surface area contributed by atoms with Crippen molar-refractivity contribution in [3.8, 4) is 0 Å². The summed E-state index contributed by atoms with van der Waals surface area (Å²) in [6.45, 7) is 3.63. The molecule has 0 spiro atoms. The summed E-state index contributed by atoms with van der Waals surface area (Å²) in [6, 6.07) is 0.588. The first-order valence-corrected chi connectivity index (χ1v) is 6.68. The second-order valence-electron chi connectivity index (χ2n) is 5.80. The molecule has 0 aliphatic heterocycles. The van der Waals surface area contributed by atoms with Crippen LogP contribution < -0.4 is 10.6 Å². The van der Waals surface area contributed by atoms with Crippen LogP contribution in [0.3, 0.4) is 0 Å². The fourth-order valence-electron chi connectivity index (χ4n) is 2.70. The van der Waals surface area contributed by atoms with Crippen LogP contribution >= 0.6 is 0 Å². The molecule has 2 saturated carbocycles. The maximum atomic E-state index is 11.6. The van der Waals surface area contributed by atoms with Gasteiger partial charge in [0.1, 0.15) is 0 Å². The summed E-state index contributed by atoms with van der Waals surface area (Å²) in [5, 5.41) is 6.39. The van der Waals surface area contributed by atoms with Crippen LogP contribution in [0.25, 0.3) is 0 Å². The van der Waals surface area contributed by atoms with E-state index in [-0.39, 0.29) is 5.91 Å². The molecule has 2 aliphatic rings. The Bertz CT molecular complexity index is 242. The molecule has 3 nitrogen and oxygen atoms in total. The lowest BCUT2D eigenvalue weighted by Crippen LogP contribution is -2.44. The van der Waals surface area contributed by atoms with Crippen molar-refractivity contribution < 1.29 is 4.79 Å². The lowest BCUT2D eigenvalue weighted by molar-refractivity contribution is -0.121. The van der Waals surface area contributed by atoms with Crippen molar-refractivity contribution in [3.05, 3.63) is 0 Å². The van der Waals surface area contributed by atoms with Gasteiger partial charge in [0, 0.05) is 12.6 Å². The van der Waals surface area contributed by atoms with Crippen molar-refractivity contribution in [2.75, 3.05) is 13.1 Å². The molecule has 1 amide bonds. The molecule has 2 N–H and O–H groups in total. The molecule has 0 aromatic carbocycles. The third-order valence-electron chi connectivity index (χ3n) is 4.18. The Morgan fingerprint density at radius 2 is 1.94 bits per heavy atom. The first-order chi connectivity index (χ1) is 7.68. The standard InChI is InChI=1S/C13H24N2O/c1-13(7-4-8-13)10-15-12(16)9-14-11-5-2-3-6-11/h11,14H,2-10H2,1H3,(H,15,16). The SMILES string of the molecule is CC1(CNC(=O)CNC2CCCC2)CCC1. The van der Waals surface area contributed by atoms with Gasteiger partial charge in [0.05, 0.1) is 6.54 Å². The zero-order chi connectivity index (χ0) is 11.4. The van der Waals surface area contributed by atoms with Crippen LogP contribution in [-0.2, 0) is 4.79 Å². The number of rotatable bonds is 5. The molecule has 92 valence electrons. The molecule has 0 aromatic rings. The molecule has 0 saturated heterocycles. The number of carbonyl (C=O) groups excluding carboxylic acids is 1. The highest BCUT2D eigenvalue weighted by Gasteiger charge is 2.31. The highest BCUT2D eigenvalue weighted by Crippen LogP contribution is 2.39. The summed E-state index contributed by atoms with van der Waals surface area (Å²) < 4.78 is 0. The third-order valence-corrected chi connectivity index (χ3v) is 4.18. The molecule has 2 fully saturated rings. The van der Waals surface area contributed by atoms with E-state index in [1.807, 2.05) is 0 Å². The molecule has 3 heteroatoms. The van der Waals surface area contributed by atoms with Gasteiger partial charge in [-0.25, -0.2) is 0 Å². The van der Waals surface area contributed by atoms with Gasteiger partial charge in [-0.05, 0) is 31.1 Å². The molecular formula is C13H24N2O. The van der Waals surface area contributed by atoms with Gasteiger partial charge in [-0.15, -0.1) is 0 Å². The summed E-state index contributed by atoms with van der Waals surface area (Å²) in [7, 11) is 0. The molecular weight excluding hydrogens is 200 g/mol. The minimum absolute atomic E-state index is 0.167. The van der Waals surface area contributed by atoms with Crippen LogP contribution in [0.5, 0.6) is 0 Å². The number of carbonyl (C=O) groups is 1. The van der Waals surface area contributed by atoms with Gasteiger partial charge in [-0.2, -0.15) is 0 Å². The van der Waals surface area contributed by atoms with Crippen molar-refractivity contribution in [1.82, 2.24) is 10.6 Å². The van der Waals surface area contributed by atoms with Crippen LogP contribution in [0.4, 0.5) is 0 Å². The Labute approximate surface area is 98.4 Å². The van der Waals surface area contributed by atoms with E-state index in [4.69, 9.17) is 0 Å².